The number of carbonyl (C=O) groups excluding carboxylic acids is 1. The van der Waals surface area contributed by atoms with Gasteiger partial charge in [-0.05, 0) is 88.4 Å². The van der Waals surface area contributed by atoms with Crippen molar-refractivity contribution in [3.63, 3.8) is 0 Å². The smallest absolute Gasteiger partial charge is 0.309 e. The van der Waals surface area contributed by atoms with Gasteiger partial charge in [0.2, 0.25) is 0 Å². The summed E-state index contributed by atoms with van der Waals surface area (Å²) < 4.78 is 6.03. The number of hydrogen-bond acceptors (Lipinski definition) is 3. The van der Waals surface area contributed by atoms with E-state index in [1.165, 1.54) is 103 Å². The van der Waals surface area contributed by atoms with Crippen molar-refractivity contribution in [2.24, 2.45) is 29.1 Å². The Hall–Kier alpha value is -1.04. The van der Waals surface area contributed by atoms with Gasteiger partial charge in [0.05, 0.1) is 17.4 Å². The summed E-state index contributed by atoms with van der Waals surface area (Å²) in [6.07, 6.45) is 28.3. The molecule has 3 saturated carbocycles. The first-order chi connectivity index (χ1) is 17.6. The van der Waals surface area contributed by atoms with Crippen molar-refractivity contribution in [2.75, 3.05) is 0 Å². The third-order valence-corrected chi connectivity index (χ3v) is 10.3. The predicted octanol–water partition coefficient (Wildman–Crippen LogP) is 9.93. The highest BCUT2D eigenvalue weighted by atomic mass is 16.5. The van der Waals surface area contributed by atoms with Gasteiger partial charge in [0.25, 0.3) is 0 Å². The van der Waals surface area contributed by atoms with Crippen molar-refractivity contribution in [1.29, 1.82) is 5.26 Å². The van der Waals surface area contributed by atoms with Gasteiger partial charge in [0, 0.05) is 0 Å². The number of carbonyl (C=O) groups is 1. The second kappa shape index (κ2) is 16.0. The van der Waals surface area contributed by atoms with Gasteiger partial charge in [-0.1, -0.05) is 90.9 Å². The zero-order valence-electron chi connectivity index (χ0n) is 23.9. The van der Waals surface area contributed by atoms with E-state index in [2.05, 4.69) is 19.9 Å². The van der Waals surface area contributed by atoms with Gasteiger partial charge >= 0.3 is 5.97 Å². The standard InChI is InChI=1S/C33H57NO2/c1-3-5-7-9-11-23-33(26-34)24-21-31(22-25-33)36-32(35)30-19-17-29(18-20-30)28-15-13-27(14-16-28)12-10-8-6-4-2/h27-31H,3-25H2,1-2H3/t27-,28-,29?,30?,31?,33?. The van der Waals surface area contributed by atoms with Crippen LogP contribution in [0.3, 0.4) is 0 Å². The van der Waals surface area contributed by atoms with Gasteiger partial charge in [-0.15, -0.1) is 0 Å². The molecule has 0 radical (unpaired) electrons. The molecule has 0 amide bonds. The summed E-state index contributed by atoms with van der Waals surface area (Å²) in [7, 11) is 0. The third kappa shape index (κ3) is 9.36. The topological polar surface area (TPSA) is 50.1 Å². The molecule has 0 aromatic heterocycles. The molecule has 0 saturated heterocycles. The number of nitrogens with zero attached hydrogens (tertiary/aromatic N) is 1. The van der Waals surface area contributed by atoms with Gasteiger partial charge in [-0.2, -0.15) is 5.26 Å². The summed E-state index contributed by atoms with van der Waals surface area (Å²) in [6, 6.07) is 2.66. The van der Waals surface area contributed by atoms with E-state index in [9.17, 15) is 10.1 Å². The van der Waals surface area contributed by atoms with Crippen molar-refractivity contribution in [1.82, 2.24) is 0 Å². The molecule has 0 bridgehead atoms. The summed E-state index contributed by atoms with van der Waals surface area (Å²) in [5.74, 6) is 2.93. The number of esters is 1. The highest BCUT2D eigenvalue weighted by molar-refractivity contribution is 5.72. The van der Waals surface area contributed by atoms with E-state index in [0.717, 1.165) is 62.7 Å². The zero-order chi connectivity index (χ0) is 25.6. The fraction of sp³-hybridized carbons (Fsp3) is 0.939. The van der Waals surface area contributed by atoms with Crippen LogP contribution in [0, 0.1) is 40.4 Å². The molecule has 0 unspecified atom stereocenters. The highest BCUT2D eigenvalue weighted by Gasteiger charge is 2.38. The number of rotatable bonds is 14. The van der Waals surface area contributed by atoms with E-state index in [1.54, 1.807) is 0 Å². The van der Waals surface area contributed by atoms with Crippen molar-refractivity contribution in [3.05, 3.63) is 0 Å². The molecule has 3 rings (SSSR count). The second-order valence-corrected chi connectivity index (χ2v) is 12.9. The first kappa shape index (κ1) is 29.5. The van der Waals surface area contributed by atoms with E-state index < -0.39 is 0 Å². The normalized spacial score (nSPS) is 33.1. The van der Waals surface area contributed by atoms with Crippen molar-refractivity contribution in [2.45, 2.75) is 168 Å². The van der Waals surface area contributed by atoms with Crippen LogP contribution in [0.2, 0.25) is 0 Å². The Labute approximate surface area is 223 Å². The summed E-state index contributed by atoms with van der Waals surface area (Å²) >= 11 is 0. The largest absolute Gasteiger partial charge is 0.462 e. The fourth-order valence-corrected chi connectivity index (χ4v) is 7.64. The van der Waals surface area contributed by atoms with Crippen LogP contribution in [0.5, 0.6) is 0 Å². The first-order valence-corrected chi connectivity index (χ1v) is 16.2. The molecule has 3 heteroatoms. The maximum Gasteiger partial charge on any atom is 0.309 e. The molecule has 3 nitrogen and oxygen atoms in total. The summed E-state index contributed by atoms with van der Waals surface area (Å²) in [5, 5.41) is 9.86. The van der Waals surface area contributed by atoms with Crippen molar-refractivity contribution in [3.8, 4) is 6.07 Å². The third-order valence-electron chi connectivity index (χ3n) is 10.3. The Bertz CT molecular complexity index is 643. The molecule has 0 atom stereocenters. The maximum atomic E-state index is 13.0. The quantitative estimate of drug-likeness (QED) is 0.176. The van der Waals surface area contributed by atoms with Gasteiger partial charge in [-0.3, -0.25) is 4.79 Å². The van der Waals surface area contributed by atoms with Crippen LogP contribution in [0.15, 0.2) is 0 Å². The lowest BCUT2D eigenvalue weighted by molar-refractivity contribution is -0.158. The lowest BCUT2D eigenvalue weighted by Gasteiger charge is -2.38. The Balaban J connectivity index is 1.30. The van der Waals surface area contributed by atoms with Crippen LogP contribution in [-0.4, -0.2) is 12.1 Å². The van der Waals surface area contributed by atoms with Gasteiger partial charge in [0.15, 0.2) is 0 Å². The molecule has 3 fully saturated rings. The monoisotopic (exact) mass is 499 g/mol. The average Bonchev–Trinajstić information content (AvgIpc) is 2.92. The Morgan fingerprint density at radius 3 is 1.89 bits per heavy atom. The van der Waals surface area contributed by atoms with Crippen LogP contribution in [-0.2, 0) is 9.53 Å². The minimum atomic E-state index is -0.165. The SMILES string of the molecule is CCCCCCCC1(C#N)CCC(OC(=O)C2CCC([C@H]3CC[C@H](CCCCCC)CC3)CC2)CC1. The van der Waals surface area contributed by atoms with E-state index >= 15 is 0 Å². The first-order valence-electron chi connectivity index (χ1n) is 16.2. The van der Waals surface area contributed by atoms with E-state index in [1.807, 2.05) is 0 Å². The molecule has 36 heavy (non-hydrogen) atoms. The average molecular weight is 500 g/mol. The number of unbranched alkanes of at least 4 members (excludes halogenated alkanes) is 7. The zero-order valence-corrected chi connectivity index (χ0v) is 23.9. The lowest BCUT2D eigenvalue weighted by Crippen LogP contribution is -2.34. The number of nitriles is 1. The molecule has 0 N–H and O–H groups in total. The lowest BCUT2D eigenvalue weighted by atomic mass is 9.68. The van der Waals surface area contributed by atoms with E-state index in [0.29, 0.717) is 0 Å². The molecule has 0 aliphatic heterocycles. The van der Waals surface area contributed by atoms with Crippen LogP contribution in [0.25, 0.3) is 0 Å². The summed E-state index contributed by atoms with van der Waals surface area (Å²) in [4.78, 5) is 13.0. The van der Waals surface area contributed by atoms with Crippen LogP contribution < -0.4 is 0 Å². The molecule has 0 aromatic carbocycles. The molecular weight excluding hydrogens is 442 g/mol. The molecule has 206 valence electrons. The Morgan fingerprint density at radius 2 is 1.31 bits per heavy atom. The Morgan fingerprint density at radius 1 is 0.750 bits per heavy atom. The van der Waals surface area contributed by atoms with Gasteiger partial charge in [0.1, 0.15) is 6.10 Å². The van der Waals surface area contributed by atoms with Crippen LogP contribution in [0.4, 0.5) is 0 Å². The predicted molar refractivity (Wildman–Crippen MR) is 149 cm³/mol. The molecule has 0 aromatic rings. The fourth-order valence-electron chi connectivity index (χ4n) is 7.64. The second-order valence-electron chi connectivity index (χ2n) is 12.9. The molecule has 3 aliphatic carbocycles. The number of hydrogen-bond donors (Lipinski definition) is 0. The molecule has 3 aliphatic rings. The number of ether oxygens (including phenoxy) is 1. The van der Waals surface area contributed by atoms with Gasteiger partial charge in [-0.25, -0.2) is 0 Å². The minimum Gasteiger partial charge on any atom is -0.462 e. The molecular formula is C33H57NO2. The molecule has 0 spiro atoms. The van der Waals surface area contributed by atoms with E-state index in [-0.39, 0.29) is 23.4 Å². The van der Waals surface area contributed by atoms with Crippen molar-refractivity contribution >= 4 is 5.97 Å². The van der Waals surface area contributed by atoms with Crippen LogP contribution >= 0.6 is 0 Å². The van der Waals surface area contributed by atoms with E-state index in [4.69, 9.17) is 4.74 Å². The van der Waals surface area contributed by atoms with Gasteiger partial charge < -0.3 is 4.74 Å². The summed E-state index contributed by atoms with van der Waals surface area (Å²) in [5.41, 5.74) is -0.165. The summed E-state index contributed by atoms with van der Waals surface area (Å²) in [6.45, 7) is 4.54. The molecule has 0 heterocycles. The highest BCUT2D eigenvalue weighted by Crippen LogP contribution is 2.44. The van der Waals surface area contributed by atoms with Crippen LogP contribution in [0.1, 0.15) is 162 Å². The maximum absolute atomic E-state index is 13.0. The minimum absolute atomic E-state index is 0.0457. The van der Waals surface area contributed by atoms with Crippen molar-refractivity contribution < 1.29 is 9.53 Å². The Kier molecular flexibility index (Phi) is 13.1.